The normalized spacial score (nSPS) is 11.8. The SMILES string of the molecule is c1ccc2c(c1)sc1[nH]c3ncccc3c12. The van der Waals surface area contributed by atoms with Gasteiger partial charge in [-0.2, -0.15) is 0 Å². The molecule has 3 aromatic heterocycles. The number of aromatic amines is 1. The maximum absolute atomic E-state index is 4.35. The van der Waals surface area contributed by atoms with Gasteiger partial charge in [0, 0.05) is 27.1 Å². The molecule has 0 spiro atoms. The van der Waals surface area contributed by atoms with E-state index in [1.165, 1.54) is 25.7 Å². The van der Waals surface area contributed by atoms with Crippen LogP contribution >= 0.6 is 11.3 Å². The van der Waals surface area contributed by atoms with Crippen molar-refractivity contribution in [3.63, 3.8) is 0 Å². The Morgan fingerprint density at radius 2 is 1.88 bits per heavy atom. The van der Waals surface area contributed by atoms with Gasteiger partial charge >= 0.3 is 0 Å². The second kappa shape index (κ2) is 2.83. The molecule has 0 amide bonds. The van der Waals surface area contributed by atoms with Crippen LogP contribution in [0.1, 0.15) is 0 Å². The number of benzene rings is 1. The minimum absolute atomic E-state index is 0.981. The molecule has 0 aliphatic rings. The first-order valence-electron chi connectivity index (χ1n) is 5.17. The number of aromatic nitrogens is 2. The number of nitrogens with one attached hydrogen (secondary N) is 1. The molecule has 0 unspecified atom stereocenters. The highest BCUT2D eigenvalue weighted by molar-refractivity contribution is 7.25. The van der Waals surface area contributed by atoms with Crippen LogP contribution in [0.3, 0.4) is 0 Å². The zero-order valence-electron chi connectivity index (χ0n) is 8.40. The summed E-state index contributed by atoms with van der Waals surface area (Å²) in [5.74, 6) is 0. The molecule has 4 rings (SSSR count). The lowest BCUT2D eigenvalue weighted by Gasteiger charge is -1.90. The van der Waals surface area contributed by atoms with Crippen LogP contribution in [-0.2, 0) is 0 Å². The van der Waals surface area contributed by atoms with Crippen LogP contribution in [0.15, 0.2) is 42.6 Å². The van der Waals surface area contributed by atoms with Crippen LogP contribution in [-0.4, -0.2) is 9.97 Å². The van der Waals surface area contributed by atoms with Crippen molar-refractivity contribution in [3.05, 3.63) is 42.6 Å². The summed E-state index contributed by atoms with van der Waals surface area (Å²) in [4.78, 5) is 8.94. The fourth-order valence-electron chi connectivity index (χ4n) is 2.22. The van der Waals surface area contributed by atoms with Gasteiger partial charge in [-0.25, -0.2) is 4.98 Å². The van der Waals surface area contributed by atoms with Gasteiger partial charge in [-0.3, -0.25) is 0 Å². The molecule has 0 radical (unpaired) electrons. The van der Waals surface area contributed by atoms with E-state index in [2.05, 4.69) is 40.3 Å². The van der Waals surface area contributed by atoms with Crippen LogP contribution in [0, 0.1) is 0 Å². The second-order valence-electron chi connectivity index (χ2n) is 3.83. The Bertz CT molecular complexity index is 745. The van der Waals surface area contributed by atoms with Crippen molar-refractivity contribution in [2.24, 2.45) is 0 Å². The zero-order chi connectivity index (χ0) is 10.5. The summed E-state index contributed by atoms with van der Waals surface area (Å²) in [5.41, 5.74) is 0.981. The summed E-state index contributed by atoms with van der Waals surface area (Å²) in [7, 11) is 0. The summed E-state index contributed by atoms with van der Waals surface area (Å²) in [6.07, 6.45) is 1.82. The molecule has 76 valence electrons. The van der Waals surface area contributed by atoms with Crippen LogP contribution < -0.4 is 0 Å². The largest absolute Gasteiger partial charge is 0.331 e. The highest BCUT2D eigenvalue weighted by Crippen LogP contribution is 2.37. The van der Waals surface area contributed by atoms with Crippen LogP contribution in [0.2, 0.25) is 0 Å². The molecule has 16 heavy (non-hydrogen) atoms. The van der Waals surface area contributed by atoms with E-state index >= 15 is 0 Å². The van der Waals surface area contributed by atoms with Gasteiger partial charge in [0.05, 0.1) is 0 Å². The Balaban J connectivity index is 2.38. The predicted molar refractivity (Wildman–Crippen MR) is 69.0 cm³/mol. The molecule has 0 fully saturated rings. The summed E-state index contributed by atoms with van der Waals surface area (Å²) < 4.78 is 1.33. The molecule has 3 heteroatoms. The van der Waals surface area contributed by atoms with Gasteiger partial charge < -0.3 is 4.98 Å². The number of H-pyrrole nitrogens is 1. The quantitative estimate of drug-likeness (QED) is 0.481. The van der Waals surface area contributed by atoms with E-state index in [-0.39, 0.29) is 0 Å². The monoisotopic (exact) mass is 224 g/mol. The third kappa shape index (κ3) is 0.933. The number of nitrogens with zero attached hydrogens (tertiary/aromatic N) is 1. The van der Waals surface area contributed by atoms with E-state index in [9.17, 15) is 0 Å². The molecule has 0 aliphatic carbocycles. The standard InChI is InChI=1S/C13H8N2S/c1-2-6-10-8(4-1)11-9-5-3-7-14-12(9)15-13(11)16-10/h1-7H,(H,14,15). The highest BCUT2D eigenvalue weighted by Gasteiger charge is 2.10. The number of rotatable bonds is 0. The fraction of sp³-hybridized carbons (Fsp3) is 0. The van der Waals surface area contributed by atoms with E-state index in [4.69, 9.17) is 0 Å². The van der Waals surface area contributed by atoms with E-state index < -0.39 is 0 Å². The molecule has 0 atom stereocenters. The van der Waals surface area contributed by atoms with Gasteiger partial charge in [0.25, 0.3) is 0 Å². The number of hydrogen-bond donors (Lipinski definition) is 1. The molecule has 0 aliphatic heterocycles. The summed E-state index contributed by atoms with van der Waals surface area (Å²) in [5, 5.41) is 3.85. The maximum Gasteiger partial charge on any atom is 0.138 e. The molecular formula is C13H8N2S. The average molecular weight is 224 g/mol. The number of fused-ring (bicyclic) bond motifs is 5. The smallest absolute Gasteiger partial charge is 0.138 e. The zero-order valence-corrected chi connectivity index (χ0v) is 9.21. The number of thiophene rings is 1. The first-order valence-corrected chi connectivity index (χ1v) is 5.99. The van der Waals surface area contributed by atoms with Crippen LogP contribution in [0.5, 0.6) is 0 Å². The third-order valence-corrected chi connectivity index (χ3v) is 3.99. The van der Waals surface area contributed by atoms with E-state index in [1.807, 2.05) is 12.3 Å². The van der Waals surface area contributed by atoms with Gasteiger partial charge in [-0.05, 0) is 18.2 Å². The third-order valence-electron chi connectivity index (χ3n) is 2.90. The molecule has 0 saturated heterocycles. The Hall–Kier alpha value is -1.87. The van der Waals surface area contributed by atoms with Crippen molar-refractivity contribution < 1.29 is 0 Å². The van der Waals surface area contributed by atoms with E-state index in [0.717, 1.165) is 5.65 Å². The van der Waals surface area contributed by atoms with Crippen molar-refractivity contribution in [3.8, 4) is 0 Å². The number of pyridine rings is 1. The van der Waals surface area contributed by atoms with Gasteiger partial charge in [-0.1, -0.05) is 18.2 Å². The lowest BCUT2D eigenvalue weighted by atomic mass is 10.1. The van der Waals surface area contributed by atoms with E-state index in [1.54, 1.807) is 11.3 Å². The second-order valence-corrected chi connectivity index (χ2v) is 4.88. The van der Waals surface area contributed by atoms with Crippen molar-refractivity contribution in [2.45, 2.75) is 0 Å². The molecule has 0 bridgehead atoms. The molecular weight excluding hydrogens is 216 g/mol. The van der Waals surface area contributed by atoms with Crippen LogP contribution in [0.25, 0.3) is 31.3 Å². The highest BCUT2D eigenvalue weighted by atomic mass is 32.1. The topological polar surface area (TPSA) is 28.7 Å². The summed E-state index contributed by atoms with van der Waals surface area (Å²) in [6.45, 7) is 0. The molecule has 1 aromatic carbocycles. The van der Waals surface area contributed by atoms with Gasteiger partial charge in [0.1, 0.15) is 10.5 Å². The predicted octanol–water partition coefficient (Wildman–Crippen LogP) is 3.93. The lowest BCUT2D eigenvalue weighted by molar-refractivity contribution is 1.35. The molecule has 0 saturated carbocycles. The number of hydrogen-bond acceptors (Lipinski definition) is 2. The Kier molecular flexibility index (Phi) is 1.47. The first kappa shape index (κ1) is 8.30. The molecule has 2 nitrogen and oxygen atoms in total. The Morgan fingerprint density at radius 1 is 1.00 bits per heavy atom. The van der Waals surface area contributed by atoms with E-state index in [0.29, 0.717) is 0 Å². The lowest BCUT2D eigenvalue weighted by Crippen LogP contribution is -1.72. The summed E-state index contributed by atoms with van der Waals surface area (Å²) >= 11 is 1.79. The fourth-order valence-corrected chi connectivity index (χ4v) is 3.33. The summed E-state index contributed by atoms with van der Waals surface area (Å²) in [6, 6.07) is 12.6. The maximum atomic E-state index is 4.35. The van der Waals surface area contributed by atoms with Gasteiger partial charge in [0.15, 0.2) is 0 Å². The molecule has 1 N–H and O–H groups in total. The molecule has 4 aromatic rings. The van der Waals surface area contributed by atoms with Crippen molar-refractivity contribution in [2.75, 3.05) is 0 Å². The average Bonchev–Trinajstić information content (AvgIpc) is 2.83. The first-order chi connectivity index (χ1) is 7.93. The Labute approximate surface area is 95.5 Å². The van der Waals surface area contributed by atoms with Crippen LogP contribution in [0.4, 0.5) is 0 Å². The Morgan fingerprint density at radius 3 is 2.88 bits per heavy atom. The van der Waals surface area contributed by atoms with Crippen molar-refractivity contribution in [1.82, 2.24) is 9.97 Å². The molecule has 3 heterocycles. The minimum atomic E-state index is 0.981. The van der Waals surface area contributed by atoms with Crippen molar-refractivity contribution in [1.29, 1.82) is 0 Å². The minimum Gasteiger partial charge on any atom is -0.331 e. The van der Waals surface area contributed by atoms with Gasteiger partial charge in [0.2, 0.25) is 0 Å². The van der Waals surface area contributed by atoms with Crippen molar-refractivity contribution >= 4 is 42.7 Å². The van der Waals surface area contributed by atoms with Gasteiger partial charge in [-0.15, -0.1) is 11.3 Å².